The Morgan fingerprint density at radius 3 is 2.57 bits per heavy atom. The minimum Gasteiger partial charge on any atom is -0.508 e. The molecule has 1 aromatic carbocycles. The van der Waals surface area contributed by atoms with Gasteiger partial charge in [0.2, 0.25) is 0 Å². The molecule has 5 heteroatoms. The Kier molecular flexibility index (Phi) is 2.44. The summed E-state index contributed by atoms with van der Waals surface area (Å²) in [4.78, 5) is 10.8. The van der Waals surface area contributed by atoms with E-state index in [9.17, 15) is 9.90 Å². The molecule has 0 aliphatic heterocycles. The summed E-state index contributed by atoms with van der Waals surface area (Å²) in [6.45, 7) is 0. The molecule has 0 unspecified atom stereocenters. The maximum atomic E-state index is 10.8. The number of aromatic hydroxyl groups is 2. The van der Waals surface area contributed by atoms with E-state index in [1.165, 1.54) is 18.2 Å². The fraction of sp³-hybridized carbons (Fsp3) is 0. The van der Waals surface area contributed by atoms with Crippen LogP contribution in [0.15, 0.2) is 33.5 Å². The third-order valence-corrected chi connectivity index (χ3v) is 1.71. The van der Waals surface area contributed by atoms with Crippen molar-refractivity contribution in [2.45, 2.75) is 0 Å². The molecule has 0 bridgehead atoms. The van der Waals surface area contributed by atoms with E-state index in [4.69, 9.17) is 9.52 Å². The summed E-state index contributed by atoms with van der Waals surface area (Å²) in [5.74, 6) is -0.160. The molecule has 4 N–H and O–H groups in total. The third kappa shape index (κ3) is 1.53. The van der Waals surface area contributed by atoms with Gasteiger partial charge in [0.1, 0.15) is 17.1 Å². The normalized spacial score (nSPS) is 9.71. The van der Waals surface area contributed by atoms with E-state index < -0.39 is 5.63 Å². The van der Waals surface area contributed by atoms with Crippen LogP contribution in [0.1, 0.15) is 0 Å². The predicted molar refractivity (Wildman–Crippen MR) is 49.4 cm³/mol. The summed E-state index contributed by atoms with van der Waals surface area (Å²) < 4.78 is 4.75. The minimum atomic E-state index is -0.643. The van der Waals surface area contributed by atoms with Crippen LogP contribution in [-0.4, -0.2) is 15.7 Å². The molecule has 1 aromatic heterocycles. The van der Waals surface area contributed by atoms with Gasteiger partial charge in [-0.25, -0.2) is 4.79 Å². The number of hydrogen-bond donors (Lipinski definition) is 2. The lowest BCUT2D eigenvalue weighted by atomic mass is 10.2. The fourth-order valence-corrected chi connectivity index (χ4v) is 1.13. The van der Waals surface area contributed by atoms with Crippen LogP contribution in [0.5, 0.6) is 11.5 Å². The van der Waals surface area contributed by atoms with Crippen LogP contribution in [0.25, 0.3) is 11.0 Å². The lowest BCUT2D eigenvalue weighted by Crippen LogP contribution is -1.94. The Bertz CT molecular complexity index is 514. The van der Waals surface area contributed by atoms with Crippen LogP contribution in [0.3, 0.4) is 0 Å². The van der Waals surface area contributed by atoms with Crippen molar-refractivity contribution in [1.82, 2.24) is 0 Å². The molecule has 0 radical (unpaired) electrons. The molecule has 1 heterocycles. The number of rotatable bonds is 0. The van der Waals surface area contributed by atoms with Crippen molar-refractivity contribution in [3.63, 3.8) is 0 Å². The Balaban J connectivity index is 0.000000980. The molecule has 0 atom stereocenters. The first-order valence-corrected chi connectivity index (χ1v) is 3.62. The predicted octanol–water partition coefficient (Wildman–Crippen LogP) is 0.379. The topological polar surface area (TPSA) is 102 Å². The van der Waals surface area contributed by atoms with Gasteiger partial charge in [-0.1, -0.05) is 0 Å². The first-order valence-electron chi connectivity index (χ1n) is 3.62. The van der Waals surface area contributed by atoms with Gasteiger partial charge >= 0.3 is 5.63 Å². The van der Waals surface area contributed by atoms with Gasteiger partial charge in [0.25, 0.3) is 0 Å². The molecule has 0 aliphatic carbocycles. The maximum Gasteiger partial charge on any atom is 0.339 e. The highest BCUT2D eigenvalue weighted by atomic mass is 16.4. The Morgan fingerprint density at radius 1 is 1.14 bits per heavy atom. The summed E-state index contributed by atoms with van der Waals surface area (Å²) in [5.41, 5.74) is -0.472. The summed E-state index contributed by atoms with van der Waals surface area (Å²) in [6, 6.07) is 5.14. The molecule has 74 valence electrons. The monoisotopic (exact) mass is 196 g/mol. The average molecular weight is 196 g/mol. The quantitative estimate of drug-likeness (QED) is 0.594. The molecule has 0 amide bonds. The first kappa shape index (κ1) is 10.1. The van der Waals surface area contributed by atoms with E-state index in [2.05, 4.69) is 0 Å². The average Bonchev–Trinajstić information content (AvgIpc) is 2.02. The molecule has 0 spiro atoms. The van der Waals surface area contributed by atoms with Gasteiger partial charge in [-0.15, -0.1) is 0 Å². The standard InChI is InChI=1S/C9H6O4.H2O/c10-5-1-2-6-7(11)4-9(12)13-8(6)3-5;/h1-4,10-11H;1H2. The van der Waals surface area contributed by atoms with Crippen LogP contribution < -0.4 is 5.63 Å². The summed E-state index contributed by atoms with van der Waals surface area (Å²) in [6.07, 6.45) is 0. The van der Waals surface area contributed by atoms with Crippen molar-refractivity contribution < 1.29 is 20.1 Å². The molecule has 14 heavy (non-hydrogen) atoms. The van der Waals surface area contributed by atoms with Crippen molar-refractivity contribution in [2.75, 3.05) is 0 Å². The Labute approximate surface area is 78.1 Å². The van der Waals surface area contributed by atoms with Crippen molar-refractivity contribution in [1.29, 1.82) is 0 Å². The van der Waals surface area contributed by atoms with Crippen LogP contribution >= 0.6 is 0 Å². The van der Waals surface area contributed by atoms with E-state index in [1.54, 1.807) is 0 Å². The Morgan fingerprint density at radius 2 is 1.86 bits per heavy atom. The van der Waals surface area contributed by atoms with Gasteiger partial charge in [0, 0.05) is 6.07 Å². The van der Waals surface area contributed by atoms with Crippen molar-refractivity contribution in [3.8, 4) is 11.5 Å². The molecule has 2 aromatic rings. The molecular weight excluding hydrogens is 188 g/mol. The number of phenols is 1. The molecule has 0 aliphatic rings. The van der Waals surface area contributed by atoms with Crippen molar-refractivity contribution in [3.05, 3.63) is 34.7 Å². The first-order chi connectivity index (χ1) is 6.16. The molecule has 0 fully saturated rings. The van der Waals surface area contributed by atoms with E-state index in [-0.39, 0.29) is 22.6 Å². The number of phenolic OH excluding ortho intramolecular Hbond substituents is 1. The van der Waals surface area contributed by atoms with E-state index in [0.717, 1.165) is 6.07 Å². The lowest BCUT2D eigenvalue weighted by molar-refractivity contribution is 0.462. The Hall–Kier alpha value is -2.01. The van der Waals surface area contributed by atoms with Crippen LogP contribution in [0.4, 0.5) is 0 Å². The summed E-state index contributed by atoms with van der Waals surface area (Å²) in [5, 5.41) is 18.8. The second-order valence-corrected chi connectivity index (χ2v) is 2.63. The number of benzene rings is 1. The lowest BCUT2D eigenvalue weighted by Gasteiger charge is -1.98. The zero-order valence-electron chi connectivity index (χ0n) is 7.02. The fourth-order valence-electron chi connectivity index (χ4n) is 1.13. The minimum absolute atomic E-state index is 0. The zero-order valence-corrected chi connectivity index (χ0v) is 7.02. The second-order valence-electron chi connectivity index (χ2n) is 2.63. The number of hydrogen-bond acceptors (Lipinski definition) is 4. The molecule has 5 nitrogen and oxygen atoms in total. The van der Waals surface area contributed by atoms with Crippen molar-refractivity contribution in [2.24, 2.45) is 0 Å². The molecular formula is C9H8O5. The van der Waals surface area contributed by atoms with Gasteiger partial charge in [-0.3, -0.25) is 0 Å². The van der Waals surface area contributed by atoms with E-state index in [0.29, 0.717) is 5.39 Å². The number of fused-ring (bicyclic) bond motifs is 1. The maximum absolute atomic E-state index is 10.8. The SMILES string of the molecule is O.O=c1cc(O)c2ccc(O)cc2o1. The van der Waals surface area contributed by atoms with Gasteiger partial charge in [-0.2, -0.15) is 0 Å². The largest absolute Gasteiger partial charge is 0.508 e. The van der Waals surface area contributed by atoms with Crippen LogP contribution in [0.2, 0.25) is 0 Å². The van der Waals surface area contributed by atoms with Crippen LogP contribution in [-0.2, 0) is 0 Å². The highest BCUT2D eigenvalue weighted by Gasteiger charge is 2.03. The second kappa shape index (κ2) is 3.39. The summed E-state index contributed by atoms with van der Waals surface area (Å²) >= 11 is 0. The smallest absolute Gasteiger partial charge is 0.339 e. The highest BCUT2D eigenvalue weighted by molar-refractivity contribution is 5.83. The molecule has 2 rings (SSSR count). The van der Waals surface area contributed by atoms with Gasteiger partial charge < -0.3 is 20.1 Å². The van der Waals surface area contributed by atoms with E-state index in [1.807, 2.05) is 0 Å². The molecule has 0 saturated carbocycles. The molecule has 0 saturated heterocycles. The zero-order chi connectivity index (χ0) is 9.42. The summed E-state index contributed by atoms with van der Waals surface area (Å²) in [7, 11) is 0. The van der Waals surface area contributed by atoms with E-state index >= 15 is 0 Å². The van der Waals surface area contributed by atoms with Gasteiger partial charge in [0.15, 0.2) is 0 Å². The van der Waals surface area contributed by atoms with Gasteiger partial charge in [-0.05, 0) is 12.1 Å². The van der Waals surface area contributed by atoms with Gasteiger partial charge in [0.05, 0.1) is 11.5 Å². The van der Waals surface area contributed by atoms with Crippen LogP contribution in [0, 0.1) is 0 Å². The van der Waals surface area contributed by atoms with Crippen molar-refractivity contribution >= 4 is 11.0 Å². The highest BCUT2D eigenvalue weighted by Crippen LogP contribution is 2.25. The third-order valence-electron chi connectivity index (χ3n) is 1.71.